The molecule has 0 bridgehead atoms. The first-order valence-corrected chi connectivity index (χ1v) is 9.56. The second kappa shape index (κ2) is 6.93. The zero-order valence-electron chi connectivity index (χ0n) is 16.3. The van der Waals surface area contributed by atoms with Crippen LogP contribution in [0.15, 0.2) is 30.6 Å². The number of methoxy groups -OCH3 is 1. The number of pyridine rings is 1. The molecule has 0 amide bonds. The highest BCUT2D eigenvalue weighted by molar-refractivity contribution is 5.95. The summed E-state index contributed by atoms with van der Waals surface area (Å²) in [6.07, 6.45) is 3.58. The van der Waals surface area contributed by atoms with Crippen LogP contribution in [0.5, 0.6) is 5.75 Å². The SMILES string of the molecule is COc1cc2c(Nc3cc(F)c4nc(C)cn4c3)n[nH]c2cc1N1CCNCC1. The van der Waals surface area contributed by atoms with Crippen molar-refractivity contribution in [2.24, 2.45) is 0 Å². The highest BCUT2D eigenvalue weighted by Crippen LogP contribution is 2.36. The second-order valence-corrected chi connectivity index (χ2v) is 7.19. The van der Waals surface area contributed by atoms with Crippen molar-refractivity contribution in [3.63, 3.8) is 0 Å². The van der Waals surface area contributed by atoms with Gasteiger partial charge in [-0.1, -0.05) is 0 Å². The fourth-order valence-corrected chi connectivity index (χ4v) is 3.83. The number of halogens is 1. The van der Waals surface area contributed by atoms with Crippen LogP contribution in [0.3, 0.4) is 0 Å². The molecule has 0 unspecified atom stereocenters. The Morgan fingerprint density at radius 2 is 2.00 bits per heavy atom. The maximum Gasteiger partial charge on any atom is 0.173 e. The summed E-state index contributed by atoms with van der Waals surface area (Å²) >= 11 is 0. The smallest absolute Gasteiger partial charge is 0.173 e. The number of hydrogen-bond donors (Lipinski definition) is 3. The minimum atomic E-state index is -0.387. The first kappa shape index (κ1) is 17.7. The number of aryl methyl sites for hydroxylation is 1. The van der Waals surface area contributed by atoms with Crippen LogP contribution in [0.25, 0.3) is 16.6 Å². The number of piperazine rings is 1. The molecule has 5 rings (SSSR count). The molecular weight excluding hydrogens is 373 g/mol. The van der Waals surface area contributed by atoms with Crippen LogP contribution < -0.4 is 20.3 Å². The Kier molecular flexibility index (Phi) is 4.24. The van der Waals surface area contributed by atoms with E-state index in [1.165, 1.54) is 6.07 Å². The maximum absolute atomic E-state index is 14.4. The average molecular weight is 395 g/mol. The Morgan fingerprint density at radius 3 is 2.79 bits per heavy atom. The molecule has 8 nitrogen and oxygen atoms in total. The van der Waals surface area contributed by atoms with Gasteiger partial charge in [-0.05, 0) is 19.1 Å². The van der Waals surface area contributed by atoms with Crippen LogP contribution in [0.2, 0.25) is 0 Å². The number of ether oxygens (including phenoxy) is 1. The fraction of sp³-hybridized carbons (Fsp3) is 0.300. The number of aromatic nitrogens is 4. The minimum Gasteiger partial charge on any atom is -0.495 e. The number of imidazole rings is 1. The molecule has 1 saturated heterocycles. The van der Waals surface area contributed by atoms with Crippen molar-refractivity contribution in [1.82, 2.24) is 24.9 Å². The van der Waals surface area contributed by atoms with Crippen molar-refractivity contribution < 1.29 is 9.13 Å². The zero-order chi connectivity index (χ0) is 20.0. The summed E-state index contributed by atoms with van der Waals surface area (Å²) < 4.78 is 21.7. The Balaban J connectivity index is 1.52. The lowest BCUT2D eigenvalue weighted by Crippen LogP contribution is -2.43. The van der Waals surface area contributed by atoms with Crippen LogP contribution in [-0.4, -0.2) is 52.9 Å². The Bertz CT molecular complexity index is 1190. The van der Waals surface area contributed by atoms with Crippen LogP contribution >= 0.6 is 0 Å². The summed E-state index contributed by atoms with van der Waals surface area (Å²) in [4.78, 5) is 6.49. The van der Waals surface area contributed by atoms with Gasteiger partial charge in [0.15, 0.2) is 17.3 Å². The molecule has 1 aromatic carbocycles. The maximum atomic E-state index is 14.4. The highest BCUT2D eigenvalue weighted by atomic mass is 19.1. The third-order valence-corrected chi connectivity index (χ3v) is 5.21. The molecule has 3 N–H and O–H groups in total. The predicted octanol–water partition coefficient (Wildman–Crippen LogP) is 2.82. The summed E-state index contributed by atoms with van der Waals surface area (Å²) in [6, 6.07) is 5.45. The Hall–Kier alpha value is -3.33. The van der Waals surface area contributed by atoms with Gasteiger partial charge in [-0.2, -0.15) is 5.10 Å². The number of anilines is 3. The summed E-state index contributed by atoms with van der Waals surface area (Å²) in [5, 5.41) is 14.9. The van der Waals surface area contributed by atoms with Gasteiger partial charge in [-0.25, -0.2) is 9.37 Å². The standard InChI is InChI=1S/C20H22FN7O/c1-12-10-28-11-13(7-15(21)20(28)23-12)24-19-14-8-18(29-2)17(9-16(14)25-26-19)27-5-3-22-4-6-27/h7-11,22H,3-6H2,1-2H3,(H2,24,25,26). The quantitative estimate of drug-likeness (QED) is 0.493. The number of benzene rings is 1. The molecule has 0 spiro atoms. The molecule has 1 aliphatic rings. The van der Waals surface area contributed by atoms with E-state index in [9.17, 15) is 4.39 Å². The molecule has 0 atom stereocenters. The topological polar surface area (TPSA) is 82.5 Å². The van der Waals surface area contributed by atoms with Crippen LogP contribution in [0.4, 0.5) is 21.6 Å². The van der Waals surface area contributed by atoms with E-state index in [0.29, 0.717) is 17.2 Å². The summed E-state index contributed by atoms with van der Waals surface area (Å²) in [5.74, 6) is 1.01. The summed E-state index contributed by atoms with van der Waals surface area (Å²) in [7, 11) is 1.67. The van der Waals surface area contributed by atoms with Gasteiger partial charge in [0.05, 0.1) is 29.7 Å². The van der Waals surface area contributed by atoms with E-state index in [2.05, 4.69) is 36.8 Å². The molecule has 150 valence electrons. The first-order chi connectivity index (χ1) is 14.1. The third kappa shape index (κ3) is 3.13. The molecular formula is C20H22FN7O. The molecule has 1 aliphatic heterocycles. The van der Waals surface area contributed by atoms with Gasteiger partial charge in [-0.3, -0.25) is 5.10 Å². The van der Waals surface area contributed by atoms with Crippen molar-refractivity contribution in [3.8, 4) is 5.75 Å². The number of H-pyrrole nitrogens is 1. The van der Waals surface area contributed by atoms with Crippen molar-refractivity contribution in [2.45, 2.75) is 6.92 Å². The van der Waals surface area contributed by atoms with Crippen LogP contribution in [0, 0.1) is 12.7 Å². The molecule has 29 heavy (non-hydrogen) atoms. The van der Waals surface area contributed by atoms with Gasteiger partial charge in [0, 0.05) is 50.0 Å². The van der Waals surface area contributed by atoms with Crippen LogP contribution in [0.1, 0.15) is 5.69 Å². The lowest BCUT2D eigenvalue weighted by molar-refractivity contribution is 0.413. The monoisotopic (exact) mass is 395 g/mol. The second-order valence-electron chi connectivity index (χ2n) is 7.19. The van der Waals surface area contributed by atoms with Crippen molar-refractivity contribution >= 4 is 33.7 Å². The van der Waals surface area contributed by atoms with E-state index in [1.54, 1.807) is 23.9 Å². The van der Waals surface area contributed by atoms with Crippen molar-refractivity contribution in [3.05, 3.63) is 42.1 Å². The molecule has 4 aromatic rings. The third-order valence-electron chi connectivity index (χ3n) is 5.21. The minimum absolute atomic E-state index is 0.308. The number of hydrogen-bond acceptors (Lipinski definition) is 6. The van der Waals surface area contributed by atoms with Gasteiger partial charge in [-0.15, -0.1) is 0 Å². The molecule has 0 aliphatic carbocycles. The van der Waals surface area contributed by atoms with Crippen molar-refractivity contribution in [1.29, 1.82) is 0 Å². The lowest BCUT2D eigenvalue weighted by atomic mass is 10.1. The normalized spacial score (nSPS) is 14.7. The Labute approximate surface area is 166 Å². The number of nitrogens with zero attached hydrogens (tertiary/aromatic N) is 4. The molecule has 0 radical (unpaired) electrons. The van der Waals surface area contributed by atoms with Gasteiger partial charge < -0.3 is 24.7 Å². The lowest BCUT2D eigenvalue weighted by Gasteiger charge is -2.30. The van der Waals surface area contributed by atoms with Crippen LogP contribution in [-0.2, 0) is 0 Å². The summed E-state index contributed by atoms with van der Waals surface area (Å²) in [5.41, 5.74) is 3.59. The van der Waals surface area contributed by atoms with Gasteiger partial charge in [0.1, 0.15) is 5.75 Å². The van der Waals surface area contributed by atoms with E-state index in [-0.39, 0.29) is 5.82 Å². The van der Waals surface area contributed by atoms with Gasteiger partial charge in [0.25, 0.3) is 0 Å². The van der Waals surface area contributed by atoms with Gasteiger partial charge in [0.2, 0.25) is 0 Å². The molecule has 1 fully saturated rings. The molecule has 3 aromatic heterocycles. The number of aromatic amines is 1. The highest BCUT2D eigenvalue weighted by Gasteiger charge is 2.18. The fourth-order valence-electron chi connectivity index (χ4n) is 3.83. The number of rotatable bonds is 4. The largest absolute Gasteiger partial charge is 0.495 e. The number of fused-ring (bicyclic) bond motifs is 2. The number of nitrogens with one attached hydrogen (secondary N) is 3. The molecule has 4 heterocycles. The molecule has 9 heteroatoms. The van der Waals surface area contributed by atoms with E-state index in [4.69, 9.17) is 4.74 Å². The Morgan fingerprint density at radius 1 is 1.17 bits per heavy atom. The summed E-state index contributed by atoms with van der Waals surface area (Å²) in [6.45, 7) is 5.57. The average Bonchev–Trinajstić information content (AvgIpc) is 3.30. The molecule has 0 saturated carbocycles. The van der Waals surface area contributed by atoms with Crippen molar-refractivity contribution in [2.75, 3.05) is 43.5 Å². The first-order valence-electron chi connectivity index (χ1n) is 9.56. The van der Waals surface area contributed by atoms with E-state index in [0.717, 1.165) is 54.2 Å². The predicted molar refractivity (Wildman–Crippen MR) is 111 cm³/mol. The van der Waals surface area contributed by atoms with E-state index < -0.39 is 0 Å². The zero-order valence-corrected chi connectivity index (χ0v) is 16.3. The van der Waals surface area contributed by atoms with Gasteiger partial charge >= 0.3 is 0 Å². The van der Waals surface area contributed by atoms with E-state index >= 15 is 0 Å². The van der Waals surface area contributed by atoms with E-state index in [1.807, 2.05) is 13.0 Å².